The van der Waals surface area contributed by atoms with Gasteiger partial charge in [-0.15, -0.1) is 11.3 Å². The Balaban J connectivity index is 2.10. The molecule has 0 atom stereocenters. The van der Waals surface area contributed by atoms with Crippen molar-refractivity contribution >= 4 is 38.8 Å². The average Bonchev–Trinajstić information content (AvgIpc) is 2.89. The molecule has 0 saturated heterocycles. The third kappa shape index (κ3) is 3.03. The number of benzene rings is 1. The molecule has 0 aliphatic carbocycles. The van der Waals surface area contributed by atoms with Crippen molar-refractivity contribution in [3.8, 4) is 0 Å². The predicted molar refractivity (Wildman–Crippen MR) is 90.0 cm³/mol. The molecular formula is C17H15FN2O2S. The number of halogens is 1. The maximum Gasteiger partial charge on any atom is 0.350 e. The van der Waals surface area contributed by atoms with E-state index in [1.165, 1.54) is 17.4 Å². The molecule has 0 bridgehead atoms. The smallest absolute Gasteiger partial charge is 0.350 e. The second kappa shape index (κ2) is 6.34. The number of thiophene rings is 1. The number of anilines is 2. The fraction of sp³-hybridized carbons (Fsp3) is 0.176. The second-order valence-corrected chi connectivity index (χ2v) is 6.06. The van der Waals surface area contributed by atoms with Crippen LogP contribution < -0.4 is 5.32 Å². The van der Waals surface area contributed by atoms with Crippen LogP contribution in [0.3, 0.4) is 0 Å². The number of esters is 1. The van der Waals surface area contributed by atoms with Crippen molar-refractivity contribution < 1.29 is 13.9 Å². The number of ether oxygens (including phenoxy) is 1. The van der Waals surface area contributed by atoms with Gasteiger partial charge in [-0.25, -0.2) is 9.18 Å². The largest absolute Gasteiger partial charge is 0.462 e. The summed E-state index contributed by atoms with van der Waals surface area (Å²) in [5.74, 6) is -0.795. The highest BCUT2D eigenvalue weighted by atomic mass is 32.1. The number of aryl methyl sites for hydroxylation is 1. The molecule has 118 valence electrons. The lowest BCUT2D eigenvalue weighted by molar-refractivity contribution is 0.0533. The molecule has 0 radical (unpaired) electrons. The van der Waals surface area contributed by atoms with Crippen LogP contribution in [0.2, 0.25) is 0 Å². The number of hydrogen-bond donors (Lipinski definition) is 1. The highest BCUT2D eigenvalue weighted by Crippen LogP contribution is 2.38. The van der Waals surface area contributed by atoms with Gasteiger partial charge in [-0.1, -0.05) is 6.07 Å². The van der Waals surface area contributed by atoms with Gasteiger partial charge in [0, 0.05) is 17.8 Å². The van der Waals surface area contributed by atoms with Gasteiger partial charge in [-0.2, -0.15) is 0 Å². The highest BCUT2D eigenvalue weighted by molar-refractivity contribution is 7.21. The van der Waals surface area contributed by atoms with E-state index in [9.17, 15) is 9.18 Å². The molecule has 1 N–H and O–H groups in total. The topological polar surface area (TPSA) is 51.2 Å². The normalized spacial score (nSPS) is 10.7. The molecule has 0 fully saturated rings. The number of carbonyl (C=O) groups excluding carboxylic acids is 1. The maximum atomic E-state index is 14.1. The lowest BCUT2D eigenvalue weighted by Crippen LogP contribution is -2.05. The Morgan fingerprint density at radius 1 is 1.39 bits per heavy atom. The number of carbonyl (C=O) groups is 1. The molecule has 0 unspecified atom stereocenters. The van der Waals surface area contributed by atoms with Crippen LogP contribution in [-0.2, 0) is 4.74 Å². The Kier molecular flexibility index (Phi) is 4.25. The Bertz CT molecular complexity index is 876. The summed E-state index contributed by atoms with van der Waals surface area (Å²) in [7, 11) is 0. The lowest BCUT2D eigenvalue weighted by atomic mass is 10.2. The number of nitrogens with zero attached hydrogens (tertiary/aromatic N) is 1. The van der Waals surface area contributed by atoms with Crippen LogP contribution >= 0.6 is 11.3 Å². The van der Waals surface area contributed by atoms with E-state index in [1.807, 2.05) is 13.0 Å². The van der Waals surface area contributed by atoms with E-state index in [-0.39, 0.29) is 12.4 Å². The molecule has 3 rings (SSSR count). The number of hydrogen-bond acceptors (Lipinski definition) is 5. The van der Waals surface area contributed by atoms with Crippen LogP contribution in [-0.4, -0.2) is 17.6 Å². The number of rotatable bonds is 4. The van der Waals surface area contributed by atoms with Gasteiger partial charge in [0.1, 0.15) is 10.7 Å². The molecule has 2 aromatic heterocycles. The van der Waals surface area contributed by atoms with Gasteiger partial charge in [0.15, 0.2) is 0 Å². The first-order valence-corrected chi connectivity index (χ1v) is 7.98. The Labute approximate surface area is 136 Å². The van der Waals surface area contributed by atoms with E-state index in [0.717, 1.165) is 15.6 Å². The summed E-state index contributed by atoms with van der Waals surface area (Å²) >= 11 is 1.28. The fourth-order valence-electron chi connectivity index (χ4n) is 2.27. The van der Waals surface area contributed by atoms with Crippen molar-refractivity contribution in [3.05, 3.63) is 52.9 Å². The first kappa shape index (κ1) is 15.4. The average molecular weight is 330 g/mol. The van der Waals surface area contributed by atoms with Gasteiger partial charge >= 0.3 is 5.97 Å². The van der Waals surface area contributed by atoms with Gasteiger partial charge < -0.3 is 10.1 Å². The molecule has 0 spiro atoms. The summed E-state index contributed by atoms with van der Waals surface area (Å²) in [6.45, 7) is 3.85. The highest BCUT2D eigenvalue weighted by Gasteiger charge is 2.20. The van der Waals surface area contributed by atoms with Crippen molar-refractivity contribution in [2.45, 2.75) is 13.8 Å². The summed E-state index contributed by atoms with van der Waals surface area (Å²) in [5.41, 5.74) is 1.70. The number of fused-ring (bicyclic) bond motifs is 1. The third-order valence-electron chi connectivity index (χ3n) is 3.34. The van der Waals surface area contributed by atoms with E-state index in [4.69, 9.17) is 4.74 Å². The zero-order chi connectivity index (χ0) is 16.4. The first-order chi connectivity index (χ1) is 11.1. The molecule has 0 amide bonds. The molecule has 0 saturated carbocycles. The van der Waals surface area contributed by atoms with E-state index in [2.05, 4.69) is 10.3 Å². The third-order valence-corrected chi connectivity index (χ3v) is 4.46. The van der Waals surface area contributed by atoms with Gasteiger partial charge in [0.25, 0.3) is 0 Å². The van der Waals surface area contributed by atoms with Crippen molar-refractivity contribution in [2.24, 2.45) is 0 Å². The second-order valence-electron chi connectivity index (χ2n) is 5.01. The minimum absolute atomic E-state index is 0.281. The summed E-state index contributed by atoms with van der Waals surface area (Å²) in [6, 6.07) is 6.71. The molecule has 4 nitrogen and oxygen atoms in total. The van der Waals surface area contributed by atoms with Crippen LogP contribution in [0.1, 0.15) is 22.2 Å². The van der Waals surface area contributed by atoms with Crippen molar-refractivity contribution in [1.82, 2.24) is 4.98 Å². The maximum absolute atomic E-state index is 14.1. The molecule has 0 aliphatic heterocycles. The Morgan fingerprint density at radius 2 is 2.22 bits per heavy atom. The minimum Gasteiger partial charge on any atom is -0.462 e. The first-order valence-electron chi connectivity index (χ1n) is 7.17. The minimum atomic E-state index is -0.427. The predicted octanol–water partition coefficient (Wildman–Crippen LogP) is 4.66. The summed E-state index contributed by atoms with van der Waals surface area (Å²) in [6.07, 6.45) is 3.32. The molecule has 3 aromatic rings. The summed E-state index contributed by atoms with van der Waals surface area (Å²) < 4.78 is 20.1. The molecule has 6 heteroatoms. The van der Waals surface area contributed by atoms with Crippen molar-refractivity contribution in [1.29, 1.82) is 0 Å². The Morgan fingerprint density at radius 3 is 2.96 bits per heavy atom. The standard InChI is InChI=1S/C17H15FN2O2S/c1-3-22-17(21)16-15(11-6-7-19-9-14(11)23-16)20-13-5-4-10(2)8-12(13)18/h4-9,20H,3H2,1-2H3. The van der Waals surface area contributed by atoms with E-state index in [0.29, 0.717) is 16.3 Å². The van der Waals surface area contributed by atoms with Gasteiger partial charge in [0.05, 0.1) is 22.7 Å². The van der Waals surface area contributed by atoms with Gasteiger partial charge in [0.2, 0.25) is 0 Å². The van der Waals surface area contributed by atoms with Gasteiger partial charge in [-0.05, 0) is 37.6 Å². The van der Waals surface area contributed by atoms with Crippen LogP contribution in [0, 0.1) is 12.7 Å². The number of pyridine rings is 1. The fourth-order valence-corrected chi connectivity index (χ4v) is 3.29. The van der Waals surface area contributed by atoms with E-state index < -0.39 is 5.97 Å². The zero-order valence-corrected chi connectivity index (χ0v) is 13.5. The van der Waals surface area contributed by atoms with Crippen molar-refractivity contribution in [3.63, 3.8) is 0 Å². The van der Waals surface area contributed by atoms with Crippen molar-refractivity contribution in [2.75, 3.05) is 11.9 Å². The van der Waals surface area contributed by atoms with Crippen LogP contribution in [0.25, 0.3) is 10.1 Å². The summed E-state index contributed by atoms with van der Waals surface area (Å²) in [4.78, 5) is 16.7. The quantitative estimate of drug-likeness (QED) is 0.707. The van der Waals surface area contributed by atoms with Gasteiger partial charge in [-0.3, -0.25) is 4.98 Å². The molecule has 2 heterocycles. The zero-order valence-electron chi connectivity index (χ0n) is 12.7. The van der Waals surface area contributed by atoms with E-state index in [1.54, 1.807) is 31.5 Å². The number of aromatic nitrogens is 1. The number of nitrogens with one attached hydrogen (secondary N) is 1. The molecule has 1 aromatic carbocycles. The molecule has 23 heavy (non-hydrogen) atoms. The van der Waals surface area contributed by atoms with Crippen LogP contribution in [0.5, 0.6) is 0 Å². The molecule has 0 aliphatic rings. The molecular weight excluding hydrogens is 315 g/mol. The summed E-state index contributed by atoms with van der Waals surface area (Å²) in [5, 5.41) is 3.85. The van der Waals surface area contributed by atoms with E-state index >= 15 is 0 Å². The lowest BCUT2D eigenvalue weighted by Gasteiger charge is -2.09. The van der Waals surface area contributed by atoms with Crippen LogP contribution in [0.15, 0.2) is 36.7 Å². The van der Waals surface area contributed by atoms with Crippen LogP contribution in [0.4, 0.5) is 15.8 Å². The monoisotopic (exact) mass is 330 g/mol. The Hall–Kier alpha value is -2.47. The SMILES string of the molecule is CCOC(=O)c1sc2cnccc2c1Nc1ccc(C)cc1F.